The van der Waals surface area contributed by atoms with Gasteiger partial charge in [0.15, 0.2) is 11.9 Å². The zero-order valence-corrected chi connectivity index (χ0v) is 14.4. The third-order valence-corrected chi connectivity index (χ3v) is 4.97. The number of piperazine rings is 1. The predicted molar refractivity (Wildman–Crippen MR) is 94.5 cm³/mol. The van der Waals surface area contributed by atoms with E-state index in [4.69, 9.17) is 10.4 Å². The fourth-order valence-electron chi connectivity index (χ4n) is 3.44. The van der Waals surface area contributed by atoms with Crippen LogP contribution >= 0.6 is 0 Å². The summed E-state index contributed by atoms with van der Waals surface area (Å²) in [6.07, 6.45) is 3.70. The molecule has 0 amide bonds. The fraction of sp³-hybridized carbons (Fsp3) is 0.389. The number of fused-ring (bicyclic) bond motifs is 1. The summed E-state index contributed by atoms with van der Waals surface area (Å²) in [5, 5.41) is 17.9. The third-order valence-electron chi connectivity index (χ3n) is 4.97. The average molecular weight is 372 g/mol. The summed E-state index contributed by atoms with van der Waals surface area (Å²) < 4.78 is 21.2. The van der Waals surface area contributed by atoms with Crippen LogP contribution in [0.3, 0.4) is 0 Å². The predicted octanol–water partition coefficient (Wildman–Crippen LogP) is 2.14. The number of ether oxygens (including phenoxy) is 1. The number of rotatable bonds is 3. The summed E-state index contributed by atoms with van der Waals surface area (Å²) in [5.74, 6) is -0.878. The van der Waals surface area contributed by atoms with Gasteiger partial charge in [-0.05, 0) is 25.0 Å². The lowest BCUT2D eigenvalue weighted by atomic mass is 10.1. The van der Waals surface area contributed by atoms with E-state index in [2.05, 4.69) is 10.9 Å². The van der Waals surface area contributed by atoms with Crippen LogP contribution in [0.1, 0.15) is 18.9 Å². The lowest BCUT2D eigenvalue weighted by Crippen LogP contribution is -2.44. The molecule has 1 aliphatic heterocycles. The van der Waals surface area contributed by atoms with Crippen LogP contribution in [0.15, 0.2) is 23.1 Å². The molecule has 4 rings (SSSR count). The van der Waals surface area contributed by atoms with Crippen LogP contribution < -0.4 is 15.1 Å². The molecule has 9 heteroatoms. The lowest BCUT2D eigenvalue weighted by molar-refractivity contribution is 0.143. The molecule has 0 bridgehead atoms. The molecule has 1 aliphatic carbocycles. The molecule has 2 fully saturated rings. The van der Waals surface area contributed by atoms with Crippen LogP contribution in [-0.4, -0.2) is 46.9 Å². The SMILES string of the molecule is N#CN1CCN(c2cc3c(cc2F)c(=O)c(OC(=O)O)cn3C2CC2)CC1. The monoisotopic (exact) mass is 372 g/mol. The first-order valence-electron chi connectivity index (χ1n) is 8.66. The molecule has 0 radical (unpaired) electrons. The van der Waals surface area contributed by atoms with Gasteiger partial charge in [-0.1, -0.05) is 0 Å². The molecule has 8 nitrogen and oxygen atoms in total. The number of benzene rings is 1. The Morgan fingerprint density at radius 1 is 1.26 bits per heavy atom. The van der Waals surface area contributed by atoms with Crippen molar-refractivity contribution in [1.82, 2.24) is 9.47 Å². The van der Waals surface area contributed by atoms with E-state index in [0.29, 0.717) is 37.4 Å². The maximum absolute atomic E-state index is 14.8. The molecule has 1 aromatic heterocycles. The van der Waals surface area contributed by atoms with Gasteiger partial charge in [-0.25, -0.2) is 9.18 Å². The van der Waals surface area contributed by atoms with Gasteiger partial charge in [-0.15, -0.1) is 0 Å². The van der Waals surface area contributed by atoms with E-state index in [1.807, 2.05) is 4.90 Å². The third kappa shape index (κ3) is 3.14. The largest absolute Gasteiger partial charge is 0.511 e. The van der Waals surface area contributed by atoms with Gasteiger partial charge in [0.05, 0.1) is 22.8 Å². The minimum Gasteiger partial charge on any atom is -0.449 e. The van der Waals surface area contributed by atoms with E-state index in [1.165, 1.54) is 6.20 Å². The zero-order chi connectivity index (χ0) is 19.1. The molecule has 0 unspecified atom stereocenters. The molecule has 27 heavy (non-hydrogen) atoms. The molecule has 0 spiro atoms. The van der Waals surface area contributed by atoms with Gasteiger partial charge in [-0.2, -0.15) is 5.26 Å². The quantitative estimate of drug-likeness (QED) is 0.651. The van der Waals surface area contributed by atoms with Crippen LogP contribution in [0.5, 0.6) is 5.75 Å². The molecule has 2 aliphatic rings. The Morgan fingerprint density at radius 2 is 1.96 bits per heavy atom. The Balaban J connectivity index is 1.82. The number of hydrogen-bond donors (Lipinski definition) is 1. The van der Waals surface area contributed by atoms with Crippen LogP contribution in [0, 0.1) is 17.3 Å². The minimum absolute atomic E-state index is 0.0950. The van der Waals surface area contributed by atoms with Crippen molar-refractivity contribution in [3.05, 3.63) is 34.4 Å². The van der Waals surface area contributed by atoms with Gasteiger partial charge in [0.2, 0.25) is 5.43 Å². The Kier molecular flexibility index (Phi) is 4.11. The Labute approximate surface area is 153 Å². The van der Waals surface area contributed by atoms with Crippen LogP contribution in [-0.2, 0) is 0 Å². The number of halogens is 1. The zero-order valence-electron chi connectivity index (χ0n) is 14.4. The van der Waals surface area contributed by atoms with E-state index < -0.39 is 17.4 Å². The topological polar surface area (TPSA) is 98.8 Å². The minimum atomic E-state index is -1.58. The summed E-state index contributed by atoms with van der Waals surface area (Å²) in [7, 11) is 0. The van der Waals surface area contributed by atoms with Crippen molar-refractivity contribution in [3.63, 3.8) is 0 Å². The van der Waals surface area contributed by atoms with Gasteiger partial charge >= 0.3 is 6.16 Å². The first-order valence-corrected chi connectivity index (χ1v) is 8.66. The van der Waals surface area contributed by atoms with Gasteiger partial charge in [0.25, 0.3) is 0 Å². The molecule has 0 atom stereocenters. The van der Waals surface area contributed by atoms with Gasteiger partial charge in [0, 0.05) is 32.2 Å². The maximum Gasteiger partial charge on any atom is 0.511 e. The standard InChI is InChI=1S/C18H17FN4O4/c19-13-7-12-14(8-15(13)22-5-3-21(10-20)4-6-22)23(11-1-2-11)9-16(17(12)24)27-18(25)26/h7-9,11H,1-6H2,(H,25,26). The van der Waals surface area contributed by atoms with Gasteiger partial charge in [0.1, 0.15) is 5.82 Å². The van der Waals surface area contributed by atoms with Gasteiger partial charge < -0.3 is 24.2 Å². The normalized spacial score (nSPS) is 17.0. The number of hydrogen-bond acceptors (Lipinski definition) is 6. The first-order chi connectivity index (χ1) is 13.0. The molecule has 1 saturated carbocycles. The number of anilines is 1. The molecule has 2 heterocycles. The van der Waals surface area contributed by atoms with E-state index in [1.54, 1.807) is 15.5 Å². The first kappa shape index (κ1) is 17.1. The number of nitrogens with zero attached hydrogens (tertiary/aromatic N) is 4. The number of carbonyl (C=O) groups is 1. The number of aromatic nitrogens is 1. The highest BCUT2D eigenvalue weighted by Gasteiger charge is 2.28. The van der Waals surface area contributed by atoms with E-state index in [9.17, 15) is 14.0 Å². The summed E-state index contributed by atoms with van der Waals surface area (Å²) in [5.41, 5.74) is 0.282. The van der Waals surface area contributed by atoms with Crippen LogP contribution in [0.25, 0.3) is 10.9 Å². The van der Waals surface area contributed by atoms with Crippen LogP contribution in [0.2, 0.25) is 0 Å². The van der Waals surface area contributed by atoms with E-state index in [0.717, 1.165) is 18.9 Å². The van der Waals surface area contributed by atoms with Crippen molar-refractivity contribution in [1.29, 1.82) is 5.26 Å². The summed E-state index contributed by atoms with van der Waals surface area (Å²) in [6, 6.07) is 2.92. The molecular formula is C18H17FN4O4. The number of nitriles is 1. The van der Waals surface area contributed by atoms with E-state index >= 15 is 0 Å². The molecule has 1 N–H and O–H groups in total. The molecule has 2 aromatic rings. The molecule has 1 aromatic carbocycles. The second-order valence-corrected chi connectivity index (χ2v) is 6.72. The second-order valence-electron chi connectivity index (χ2n) is 6.72. The average Bonchev–Trinajstić information content (AvgIpc) is 3.49. The highest BCUT2D eigenvalue weighted by molar-refractivity contribution is 5.85. The maximum atomic E-state index is 14.8. The highest BCUT2D eigenvalue weighted by atomic mass is 19.1. The Hall–Kier alpha value is -3.28. The molecule has 140 valence electrons. The van der Waals surface area contributed by atoms with Crippen molar-refractivity contribution in [2.45, 2.75) is 18.9 Å². The lowest BCUT2D eigenvalue weighted by Gasteiger charge is -2.33. The smallest absolute Gasteiger partial charge is 0.449 e. The Morgan fingerprint density at radius 3 is 2.56 bits per heavy atom. The van der Waals surface area contributed by atoms with Crippen molar-refractivity contribution in [3.8, 4) is 11.9 Å². The fourth-order valence-corrected chi connectivity index (χ4v) is 3.44. The Bertz CT molecular complexity index is 1020. The van der Waals surface area contributed by atoms with Crippen molar-refractivity contribution < 1.29 is 19.0 Å². The van der Waals surface area contributed by atoms with Crippen molar-refractivity contribution >= 4 is 22.7 Å². The van der Waals surface area contributed by atoms with Crippen molar-refractivity contribution in [2.24, 2.45) is 0 Å². The summed E-state index contributed by atoms with van der Waals surface area (Å²) >= 11 is 0. The van der Waals surface area contributed by atoms with Gasteiger partial charge in [-0.3, -0.25) is 4.79 Å². The number of pyridine rings is 1. The number of carboxylic acid groups (broad SMARTS) is 1. The highest BCUT2D eigenvalue weighted by Crippen LogP contribution is 2.38. The molecule has 1 saturated heterocycles. The molecular weight excluding hydrogens is 355 g/mol. The van der Waals surface area contributed by atoms with Crippen molar-refractivity contribution in [2.75, 3.05) is 31.1 Å². The van der Waals surface area contributed by atoms with E-state index in [-0.39, 0.29) is 17.2 Å². The summed E-state index contributed by atoms with van der Waals surface area (Å²) in [4.78, 5) is 26.9. The second kappa shape index (κ2) is 6.46. The van der Waals surface area contributed by atoms with Crippen LogP contribution in [0.4, 0.5) is 14.9 Å². The summed E-state index contributed by atoms with van der Waals surface area (Å²) in [6.45, 7) is 2.03.